The summed E-state index contributed by atoms with van der Waals surface area (Å²) >= 11 is 7.14. The van der Waals surface area contributed by atoms with Crippen LogP contribution in [0.3, 0.4) is 0 Å². The van der Waals surface area contributed by atoms with Gasteiger partial charge >= 0.3 is 0 Å². The predicted molar refractivity (Wildman–Crippen MR) is 73.8 cm³/mol. The van der Waals surface area contributed by atoms with Crippen LogP contribution in [0.4, 0.5) is 0 Å². The zero-order chi connectivity index (χ0) is 13.5. The Labute approximate surface area is 114 Å². The molecule has 5 heteroatoms. The number of hydrogen-bond acceptors (Lipinski definition) is 4. The molecule has 0 radical (unpaired) electrons. The summed E-state index contributed by atoms with van der Waals surface area (Å²) in [5, 5.41) is 0. The van der Waals surface area contributed by atoms with Gasteiger partial charge in [0.1, 0.15) is 6.29 Å². The Hall–Kier alpha value is -1.26. The number of thiazole rings is 1. The first-order chi connectivity index (χ1) is 8.32. The van der Waals surface area contributed by atoms with E-state index < -0.39 is 5.41 Å². The van der Waals surface area contributed by atoms with Gasteiger partial charge in [-0.15, -0.1) is 11.3 Å². The maximum atomic E-state index is 12.4. The third kappa shape index (κ3) is 2.31. The lowest BCUT2D eigenvalue weighted by Gasteiger charge is -2.17. The lowest BCUT2D eigenvalue weighted by Crippen LogP contribution is -2.20. The second-order valence-electron chi connectivity index (χ2n) is 5.08. The summed E-state index contributed by atoms with van der Waals surface area (Å²) in [5.74, 6) is -0.0434. The highest BCUT2D eigenvalue weighted by molar-refractivity contribution is 7.22. The Kier molecular flexibility index (Phi) is 3.25. The minimum atomic E-state index is -0.523. The van der Waals surface area contributed by atoms with Crippen LogP contribution in [0.15, 0.2) is 12.1 Å². The molecule has 0 unspecified atom stereocenters. The van der Waals surface area contributed by atoms with E-state index in [1.54, 1.807) is 12.1 Å². The molecular weight excluding hydrogens is 270 g/mol. The zero-order valence-electron chi connectivity index (χ0n) is 10.3. The Morgan fingerprint density at radius 1 is 1.39 bits per heavy atom. The molecule has 18 heavy (non-hydrogen) atoms. The standard InChI is InChI=1S/C13H12ClNO2S/c1-13(2,3)11(17)8-4-7(6-16)5-9-10(8)15-12(14)18-9/h4-6H,1-3H3. The number of halogens is 1. The monoisotopic (exact) mass is 281 g/mol. The summed E-state index contributed by atoms with van der Waals surface area (Å²) in [7, 11) is 0. The van der Waals surface area contributed by atoms with Crippen LogP contribution in [0.25, 0.3) is 10.2 Å². The van der Waals surface area contributed by atoms with Crippen molar-refractivity contribution in [3.63, 3.8) is 0 Å². The maximum absolute atomic E-state index is 12.4. The van der Waals surface area contributed by atoms with E-state index in [9.17, 15) is 9.59 Å². The van der Waals surface area contributed by atoms with Gasteiger partial charge in [0.15, 0.2) is 10.3 Å². The Bertz CT molecular complexity index is 640. The number of aldehydes is 1. The molecule has 0 saturated heterocycles. The van der Waals surface area contributed by atoms with Gasteiger partial charge in [0, 0.05) is 16.5 Å². The normalized spacial score (nSPS) is 11.8. The molecule has 0 aliphatic carbocycles. The molecule has 0 N–H and O–H groups in total. The largest absolute Gasteiger partial charge is 0.298 e. The van der Waals surface area contributed by atoms with E-state index >= 15 is 0 Å². The zero-order valence-corrected chi connectivity index (χ0v) is 11.9. The van der Waals surface area contributed by atoms with E-state index in [1.807, 2.05) is 20.8 Å². The fourth-order valence-electron chi connectivity index (χ4n) is 1.67. The van der Waals surface area contributed by atoms with Gasteiger partial charge in [-0.2, -0.15) is 0 Å². The van der Waals surface area contributed by atoms with Crippen molar-refractivity contribution in [1.82, 2.24) is 4.98 Å². The smallest absolute Gasteiger partial charge is 0.184 e. The van der Waals surface area contributed by atoms with E-state index in [4.69, 9.17) is 11.6 Å². The first-order valence-electron chi connectivity index (χ1n) is 5.43. The fraction of sp³-hybridized carbons (Fsp3) is 0.308. The van der Waals surface area contributed by atoms with Crippen molar-refractivity contribution in [2.45, 2.75) is 20.8 Å². The number of carbonyl (C=O) groups is 2. The molecule has 1 aromatic carbocycles. The number of ketones is 1. The number of benzene rings is 1. The SMILES string of the molecule is CC(C)(C)C(=O)c1cc(C=O)cc2sc(Cl)nc12. The average molecular weight is 282 g/mol. The van der Waals surface area contributed by atoms with Gasteiger partial charge in [0.05, 0.1) is 10.2 Å². The molecule has 2 rings (SSSR count). The van der Waals surface area contributed by atoms with Crippen molar-refractivity contribution in [1.29, 1.82) is 0 Å². The maximum Gasteiger partial charge on any atom is 0.184 e. The number of Topliss-reactive ketones (excluding diaryl/α,β-unsaturated/α-hetero) is 1. The van der Waals surface area contributed by atoms with Crippen LogP contribution in [-0.4, -0.2) is 17.1 Å². The molecule has 0 spiro atoms. The minimum Gasteiger partial charge on any atom is -0.298 e. The van der Waals surface area contributed by atoms with Gasteiger partial charge in [-0.25, -0.2) is 4.98 Å². The second-order valence-corrected chi connectivity index (χ2v) is 6.69. The number of aromatic nitrogens is 1. The number of carbonyl (C=O) groups excluding carboxylic acids is 2. The van der Waals surface area contributed by atoms with Crippen molar-refractivity contribution in [3.8, 4) is 0 Å². The van der Waals surface area contributed by atoms with Crippen LogP contribution in [0.1, 0.15) is 41.5 Å². The minimum absolute atomic E-state index is 0.0434. The van der Waals surface area contributed by atoms with E-state index in [2.05, 4.69) is 4.98 Å². The van der Waals surface area contributed by atoms with Gasteiger partial charge in [0.2, 0.25) is 0 Å². The summed E-state index contributed by atoms with van der Waals surface area (Å²) in [6.45, 7) is 5.51. The summed E-state index contributed by atoms with van der Waals surface area (Å²) in [6.07, 6.45) is 0.729. The van der Waals surface area contributed by atoms with Crippen molar-refractivity contribution >= 4 is 45.2 Å². The van der Waals surface area contributed by atoms with Gasteiger partial charge in [0.25, 0.3) is 0 Å². The van der Waals surface area contributed by atoms with E-state index in [-0.39, 0.29) is 5.78 Å². The van der Waals surface area contributed by atoms with Gasteiger partial charge in [-0.05, 0) is 12.1 Å². The molecule has 94 valence electrons. The van der Waals surface area contributed by atoms with Crippen LogP contribution < -0.4 is 0 Å². The number of fused-ring (bicyclic) bond motifs is 1. The van der Waals surface area contributed by atoms with Crippen molar-refractivity contribution in [2.75, 3.05) is 0 Å². The summed E-state index contributed by atoms with van der Waals surface area (Å²) < 4.78 is 1.13. The van der Waals surface area contributed by atoms with E-state index in [0.717, 1.165) is 11.0 Å². The lowest BCUT2D eigenvalue weighted by atomic mass is 9.85. The van der Waals surface area contributed by atoms with Crippen LogP contribution >= 0.6 is 22.9 Å². The lowest BCUT2D eigenvalue weighted by molar-refractivity contribution is 0.0860. The molecule has 3 nitrogen and oxygen atoms in total. The highest BCUT2D eigenvalue weighted by atomic mass is 35.5. The Morgan fingerprint density at radius 2 is 2.06 bits per heavy atom. The first-order valence-corrected chi connectivity index (χ1v) is 6.62. The van der Waals surface area contributed by atoms with Gasteiger partial charge in [-0.1, -0.05) is 32.4 Å². The third-order valence-corrected chi connectivity index (χ3v) is 3.66. The van der Waals surface area contributed by atoms with E-state index in [0.29, 0.717) is 21.1 Å². The quantitative estimate of drug-likeness (QED) is 0.618. The predicted octanol–water partition coefficient (Wildman–Crippen LogP) is 3.99. The summed E-state index contributed by atoms with van der Waals surface area (Å²) in [5.41, 5.74) is 0.987. The topological polar surface area (TPSA) is 47.0 Å². The highest BCUT2D eigenvalue weighted by Gasteiger charge is 2.26. The highest BCUT2D eigenvalue weighted by Crippen LogP contribution is 2.32. The van der Waals surface area contributed by atoms with Crippen molar-refractivity contribution in [2.24, 2.45) is 5.41 Å². The number of rotatable bonds is 2. The molecule has 0 fully saturated rings. The molecule has 0 saturated carbocycles. The average Bonchev–Trinajstić information content (AvgIpc) is 2.65. The summed E-state index contributed by atoms with van der Waals surface area (Å²) in [6, 6.07) is 3.28. The molecule has 2 aromatic rings. The van der Waals surface area contributed by atoms with Crippen molar-refractivity contribution < 1.29 is 9.59 Å². The van der Waals surface area contributed by atoms with Crippen molar-refractivity contribution in [3.05, 3.63) is 27.7 Å². The molecule has 1 heterocycles. The molecule has 0 bridgehead atoms. The molecule has 1 aromatic heterocycles. The van der Waals surface area contributed by atoms with Crippen LogP contribution in [-0.2, 0) is 0 Å². The van der Waals surface area contributed by atoms with Crippen LogP contribution in [0.5, 0.6) is 0 Å². The molecule has 0 amide bonds. The Balaban J connectivity index is 2.75. The second kappa shape index (κ2) is 4.44. The number of hydrogen-bond donors (Lipinski definition) is 0. The van der Waals surface area contributed by atoms with Gasteiger partial charge in [-0.3, -0.25) is 9.59 Å². The van der Waals surface area contributed by atoms with Crippen LogP contribution in [0, 0.1) is 5.41 Å². The molecule has 0 atom stereocenters. The number of nitrogens with zero attached hydrogens (tertiary/aromatic N) is 1. The van der Waals surface area contributed by atoms with Gasteiger partial charge < -0.3 is 0 Å². The first kappa shape index (κ1) is 13.2. The molecule has 0 aliphatic heterocycles. The Morgan fingerprint density at radius 3 is 2.61 bits per heavy atom. The molecule has 0 aliphatic rings. The van der Waals surface area contributed by atoms with Crippen LogP contribution in [0.2, 0.25) is 4.47 Å². The fourth-order valence-corrected chi connectivity index (χ4v) is 2.77. The summed E-state index contributed by atoms with van der Waals surface area (Å²) in [4.78, 5) is 27.5. The third-order valence-electron chi connectivity index (χ3n) is 2.55. The van der Waals surface area contributed by atoms with E-state index in [1.165, 1.54) is 11.3 Å². The molecular formula is C13H12ClNO2S.